The zero-order chi connectivity index (χ0) is 8.83. The summed E-state index contributed by atoms with van der Waals surface area (Å²) in [5, 5.41) is 17.9. The van der Waals surface area contributed by atoms with Crippen LogP contribution >= 0.6 is 23.0 Å². The van der Waals surface area contributed by atoms with Gasteiger partial charge in [0, 0.05) is 0 Å². The second-order valence-electron chi connectivity index (χ2n) is 0.975. The van der Waals surface area contributed by atoms with Crippen molar-refractivity contribution < 1.29 is 13.3 Å². The summed E-state index contributed by atoms with van der Waals surface area (Å²) in [6.45, 7) is 5.90. The van der Waals surface area contributed by atoms with Crippen LogP contribution in [0.4, 0.5) is 0 Å². The predicted molar refractivity (Wildman–Crippen MR) is 52.5 cm³/mol. The number of rotatable bonds is 1. The van der Waals surface area contributed by atoms with Crippen LogP contribution in [0.2, 0.25) is 0 Å². The van der Waals surface area contributed by atoms with Gasteiger partial charge in [0.05, 0.1) is 6.61 Å². The number of halogens is 1. The molecule has 0 radical (unpaired) electrons. The standard InChI is InChI=1S/C2H5IO.2C2H5O.Mg/c1-2-4-3;2*1-2-3;/h2H2,1H3;2*2H2,1H3;/q;2*-1;+2. The Morgan fingerprint density at radius 2 is 1.18 bits per heavy atom. The Bertz CT molecular complexity index is 29.8. The van der Waals surface area contributed by atoms with Gasteiger partial charge < -0.3 is 13.3 Å². The van der Waals surface area contributed by atoms with E-state index in [1.165, 1.54) is 0 Å². The molecule has 0 heterocycles. The van der Waals surface area contributed by atoms with E-state index in [-0.39, 0.29) is 36.3 Å². The molecule has 11 heavy (non-hydrogen) atoms. The van der Waals surface area contributed by atoms with E-state index < -0.39 is 0 Å². The Kier molecular flexibility index (Phi) is 87.9. The number of hydrogen-bond donors (Lipinski definition) is 0. The SMILES string of the molecule is CCOI.CC[O-].CC[O-].[Mg+2]. The Balaban J connectivity index is -0.0000000325. The summed E-state index contributed by atoms with van der Waals surface area (Å²) in [5.41, 5.74) is 0. The molecule has 0 atom stereocenters. The van der Waals surface area contributed by atoms with Gasteiger partial charge in [-0.05, 0) is 6.92 Å². The molecule has 0 aromatic heterocycles. The van der Waals surface area contributed by atoms with E-state index in [0.717, 1.165) is 6.61 Å². The molecule has 0 aliphatic rings. The minimum Gasteiger partial charge on any atom is -0.855 e. The van der Waals surface area contributed by atoms with Gasteiger partial charge in [-0.2, -0.15) is 0 Å². The molecule has 0 rings (SSSR count). The molecular formula is C6H15IMgO3. The van der Waals surface area contributed by atoms with Crippen LogP contribution < -0.4 is 10.2 Å². The molecule has 0 spiro atoms. The summed E-state index contributed by atoms with van der Waals surface area (Å²) in [4.78, 5) is 0. The van der Waals surface area contributed by atoms with Crippen molar-refractivity contribution in [3.05, 3.63) is 0 Å². The van der Waals surface area contributed by atoms with Crippen LogP contribution in [0.5, 0.6) is 0 Å². The van der Waals surface area contributed by atoms with Crippen molar-refractivity contribution in [3.63, 3.8) is 0 Å². The molecule has 5 heteroatoms. The van der Waals surface area contributed by atoms with E-state index in [0.29, 0.717) is 0 Å². The maximum atomic E-state index is 8.93. The monoisotopic (exact) mass is 286 g/mol. The van der Waals surface area contributed by atoms with E-state index >= 15 is 0 Å². The molecule has 0 aliphatic carbocycles. The summed E-state index contributed by atoms with van der Waals surface area (Å²) >= 11 is 1.85. The molecule has 66 valence electrons. The normalized spacial score (nSPS) is 6.00. The minimum atomic E-state index is 0. The second-order valence-corrected chi connectivity index (χ2v) is 1.60. The fraction of sp³-hybridized carbons (Fsp3) is 1.00. The number of hydrogen-bond acceptors (Lipinski definition) is 3. The largest absolute Gasteiger partial charge is 2.00 e. The van der Waals surface area contributed by atoms with E-state index in [4.69, 9.17) is 10.2 Å². The van der Waals surface area contributed by atoms with Crippen LogP contribution in [0.25, 0.3) is 0 Å². The van der Waals surface area contributed by atoms with Gasteiger partial charge in [-0.3, -0.25) is 0 Å². The fourth-order valence-corrected chi connectivity index (χ4v) is 0. The topological polar surface area (TPSA) is 55.3 Å². The predicted octanol–water partition coefficient (Wildman–Crippen LogP) is -0.275. The summed E-state index contributed by atoms with van der Waals surface area (Å²) < 4.78 is 4.51. The van der Waals surface area contributed by atoms with Crippen molar-refractivity contribution in [2.24, 2.45) is 0 Å². The van der Waals surface area contributed by atoms with Crippen LogP contribution in [0.1, 0.15) is 20.8 Å². The van der Waals surface area contributed by atoms with Crippen molar-refractivity contribution >= 4 is 46.1 Å². The molecule has 0 bridgehead atoms. The first-order valence-electron chi connectivity index (χ1n) is 3.14. The van der Waals surface area contributed by atoms with Crippen LogP contribution in [-0.2, 0) is 3.07 Å². The maximum absolute atomic E-state index is 8.93. The van der Waals surface area contributed by atoms with E-state index in [2.05, 4.69) is 3.07 Å². The molecular weight excluding hydrogens is 271 g/mol. The summed E-state index contributed by atoms with van der Waals surface area (Å²) in [5.74, 6) is 0. The third-order valence-electron chi connectivity index (χ3n) is 0.109. The van der Waals surface area contributed by atoms with Gasteiger partial charge in [-0.25, -0.2) is 0 Å². The van der Waals surface area contributed by atoms with Crippen LogP contribution in [0, 0.1) is 0 Å². The average molecular weight is 286 g/mol. The molecule has 0 aromatic carbocycles. The fourth-order valence-electron chi connectivity index (χ4n) is 0. The molecule has 0 saturated carbocycles. The van der Waals surface area contributed by atoms with Gasteiger partial charge in [0.15, 0.2) is 0 Å². The smallest absolute Gasteiger partial charge is 0.855 e. The van der Waals surface area contributed by atoms with Gasteiger partial charge in [0.25, 0.3) is 0 Å². The summed E-state index contributed by atoms with van der Waals surface area (Å²) in [7, 11) is 0. The minimum absolute atomic E-state index is 0. The average Bonchev–Trinajstić information content (AvgIpc) is 1.91. The first-order chi connectivity index (χ1) is 4.74. The zero-order valence-electron chi connectivity index (χ0n) is 7.43. The van der Waals surface area contributed by atoms with Gasteiger partial charge >= 0.3 is 23.1 Å². The van der Waals surface area contributed by atoms with E-state index in [1.54, 1.807) is 13.8 Å². The summed E-state index contributed by atoms with van der Waals surface area (Å²) in [6.07, 6.45) is 0. The Morgan fingerprint density at radius 1 is 1.09 bits per heavy atom. The van der Waals surface area contributed by atoms with E-state index in [1.807, 2.05) is 29.9 Å². The van der Waals surface area contributed by atoms with Crippen molar-refractivity contribution in [2.75, 3.05) is 19.8 Å². The Labute approximate surface area is 99.4 Å². The molecule has 0 saturated heterocycles. The molecule has 3 nitrogen and oxygen atoms in total. The quantitative estimate of drug-likeness (QED) is 0.492. The summed E-state index contributed by atoms with van der Waals surface area (Å²) in [6, 6.07) is 0. The van der Waals surface area contributed by atoms with E-state index in [9.17, 15) is 0 Å². The van der Waals surface area contributed by atoms with Gasteiger partial charge in [0.1, 0.15) is 23.0 Å². The molecule has 0 N–H and O–H groups in total. The third kappa shape index (κ3) is 177. The Morgan fingerprint density at radius 3 is 1.18 bits per heavy atom. The van der Waals surface area contributed by atoms with Crippen molar-refractivity contribution in [3.8, 4) is 0 Å². The first kappa shape index (κ1) is 22.8. The van der Waals surface area contributed by atoms with Crippen LogP contribution in [0.3, 0.4) is 0 Å². The van der Waals surface area contributed by atoms with Gasteiger partial charge in [-0.1, -0.05) is 13.8 Å². The second kappa shape index (κ2) is 42.4. The van der Waals surface area contributed by atoms with Crippen molar-refractivity contribution in [1.82, 2.24) is 0 Å². The molecule has 0 fully saturated rings. The molecule has 0 aliphatic heterocycles. The maximum Gasteiger partial charge on any atom is 2.00 e. The van der Waals surface area contributed by atoms with Crippen molar-refractivity contribution in [1.29, 1.82) is 0 Å². The van der Waals surface area contributed by atoms with Gasteiger partial charge in [-0.15, -0.1) is 13.2 Å². The molecule has 0 aromatic rings. The third-order valence-corrected chi connectivity index (χ3v) is 0.732. The molecule has 0 amide bonds. The first-order valence-corrected chi connectivity index (χ1v) is 4.02. The van der Waals surface area contributed by atoms with Crippen LogP contribution in [0.15, 0.2) is 0 Å². The molecule has 0 unspecified atom stereocenters. The van der Waals surface area contributed by atoms with Crippen LogP contribution in [-0.4, -0.2) is 42.9 Å². The zero-order valence-corrected chi connectivity index (χ0v) is 11.0. The van der Waals surface area contributed by atoms with Crippen molar-refractivity contribution in [2.45, 2.75) is 20.8 Å². The van der Waals surface area contributed by atoms with Gasteiger partial charge in [0.2, 0.25) is 0 Å². The Hall–Kier alpha value is 1.38.